The summed E-state index contributed by atoms with van der Waals surface area (Å²) in [6.07, 6.45) is -0.119. The summed E-state index contributed by atoms with van der Waals surface area (Å²) < 4.78 is 24.4. The first-order valence-electron chi connectivity index (χ1n) is 5.10. The quantitative estimate of drug-likeness (QED) is 0.839. The molecule has 0 heterocycles. The lowest BCUT2D eigenvalue weighted by Gasteiger charge is -2.19. The van der Waals surface area contributed by atoms with Crippen molar-refractivity contribution in [3.8, 4) is 0 Å². The van der Waals surface area contributed by atoms with E-state index in [0.717, 1.165) is 6.08 Å². The number of carboxylic acids is 1. The highest BCUT2D eigenvalue weighted by Crippen LogP contribution is 2.24. The van der Waals surface area contributed by atoms with Gasteiger partial charge in [-0.25, -0.2) is 13.6 Å². The number of hydrogen-bond donors (Lipinski definition) is 1. The van der Waals surface area contributed by atoms with Gasteiger partial charge in [0.2, 0.25) is 0 Å². The maximum atomic E-state index is 12.2. The van der Waals surface area contributed by atoms with Crippen LogP contribution >= 0.6 is 11.6 Å². The molecule has 1 aromatic carbocycles. The standard InChI is InChI=1S/C12H12ClF2NO2/c1-16(7-11(14)15)9-4-2-8(10(13)6-9)3-5-12(17)18/h2-6,11H,7H2,1H3,(H,17,18)/b5-3+. The SMILES string of the molecule is CN(CC(F)F)c1ccc(/C=C/C(=O)O)c(Cl)c1. The van der Waals surface area contributed by atoms with E-state index >= 15 is 0 Å². The van der Waals surface area contributed by atoms with Crippen LogP contribution in [0.1, 0.15) is 5.56 Å². The number of anilines is 1. The Labute approximate surface area is 108 Å². The zero-order valence-corrected chi connectivity index (χ0v) is 10.4. The van der Waals surface area contributed by atoms with Gasteiger partial charge in [0, 0.05) is 23.8 Å². The van der Waals surface area contributed by atoms with Crippen molar-refractivity contribution in [2.24, 2.45) is 0 Å². The predicted molar refractivity (Wildman–Crippen MR) is 67.4 cm³/mol. The third-order valence-corrected chi connectivity index (χ3v) is 2.57. The first kappa shape index (κ1) is 14.4. The van der Waals surface area contributed by atoms with Crippen molar-refractivity contribution in [2.45, 2.75) is 6.43 Å². The van der Waals surface area contributed by atoms with Crippen LogP contribution in [0.3, 0.4) is 0 Å². The zero-order chi connectivity index (χ0) is 13.7. The Balaban J connectivity index is 2.88. The highest BCUT2D eigenvalue weighted by atomic mass is 35.5. The van der Waals surface area contributed by atoms with E-state index in [1.54, 1.807) is 12.1 Å². The van der Waals surface area contributed by atoms with Gasteiger partial charge in [-0.05, 0) is 23.8 Å². The summed E-state index contributed by atoms with van der Waals surface area (Å²) in [7, 11) is 1.53. The molecule has 0 aliphatic carbocycles. The molecular formula is C12H12ClF2NO2. The molecule has 0 unspecified atom stereocenters. The Morgan fingerprint density at radius 3 is 2.72 bits per heavy atom. The van der Waals surface area contributed by atoms with E-state index in [4.69, 9.17) is 16.7 Å². The number of benzene rings is 1. The van der Waals surface area contributed by atoms with Gasteiger partial charge in [-0.2, -0.15) is 0 Å². The summed E-state index contributed by atoms with van der Waals surface area (Å²) >= 11 is 5.94. The summed E-state index contributed by atoms with van der Waals surface area (Å²) in [5, 5.41) is 8.80. The fourth-order valence-electron chi connectivity index (χ4n) is 1.36. The van der Waals surface area contributed by atoms with Crippen molar-refractivity contribution in [1.82, 2.24) is 0 Å². The highest BCUT2D eigenvalue weighted by Gasteiger charge is 2.09. The summed E-state index contributed by atoms with van der Waals surface area (Å²) in [6, 6.07) is 4.71. The van der Waals surface area contributed by atoms with Crippen molar-refractivity contribution >= 4 is 29.3 Å². The first-order valence-corrected chi connectivity index (χ1v) is 5.48. The number of hydrogen-bond acceptors (Lipinski definition) is 2. The predicted octanol–water partition coefficient (Wildman–Crippen LogP) is 3.14. The number of alkyl halides is 2. The van der Waals surface area contributed by atoms with Gasteiger partial charge in [0.1, 0.15) is 0 Å². The minimum absolute atomic E-state index is 0.311. The molecule has 0 aliphatic heterocycles. The molecular weight excluding hydrogens is 264 g/mol. The molecule has 0 saturated heterocycles. The smallest absolute Gasteiger partial charge is 0.328 e. The molecule has 6 heteroatoms. The Kier molecular flexibility index (Phi) is 5.09. The second-order valence-corrected chi connectivity index (χ2v) is 4.06. The van der Waals surface area contributed by atoms with Gasteiger partial charge >= 0.3 is 5.97 Å². The van der Waals surface area contributed by atoms with Crippen LogP contribution < -0.4 is 4.90 Å². The fraction of sp³-hybridized carbons (Fsp3) is 0.250. The van der Waals surface area contributed by atoms with Crippen LogP contribution in [-0.4, -0.2) is 31.1 Å². The number of carboxylic acid groups (broad SMARTS) is 1. The Morgan fingerprint density at radius 1 is 1.56 bits per heavy atom. The third kappa shape index (κ3) is 4.33. The van der Waals surface area contributed by atoms with Crippen LogP contribution in [0.4, 0.5) is 14.5 Å². The average Bonchev–Trinajstić information content (AvgIpc) is 2.26. The van der Waals surface area contributed by atoms with E-state index in [2.05, 4.69) is 0 Å². The minimum atomic E-state index is -2.43. The summed E-state index contributed by atoms with van der Waals surface area (Å²) in [5.41, 5.74) is 1.07. The van der Waals surface area contributed by atoms with Gasteiger partial charge in [0.15, 0.2) is 0 Å². The largest absolute Gasteiger partial charge is 0.478 e. The van der Waals surface area contributed by atoms with E-state index < -0.39 is 12.4 Å². The van der Waals surface area contributed by atoms with Crippen molar-refractivity contribution in [3.05, 3.63) is 34.9 Å². The second-order valence-electron chi connectivity index (χ2n) is 3.65. The number of halogens is 3. The maximum Gasteiger partial charge on any atom is 0.328 e. The first-order chi connectivity index (χ1) is 8.40. The van der Waals surface area contributed by atoms with Gasteiger partial charge in [0.05, 0.1) is 6.54 Å². The number of carbonyl (C=O) groups is 1. The van der Waals surface area contributed by atoms with Crippen molar-refractivity contribution < 1.29 is 18.7 Å². The van der Waals surface area contributed by atoms with Crippen LogP contribution in [-0.2, 0) is 4.79 Å². The fourth-order valence-corrected chi connectivity index (χ4v) is 1.60. The lowest BCUT2D eigenvalue weighted by Crippen LogP contribution is -2.23. The molecule has 18 heavy (non-hydrogen) atoms. The molecule has 0 fully saturated rings. The molecule has 98 valence electrons. The lowest BCUT2D eigenvalue weighted by atomic mass is 10.2. The van der Waals surface area contributed by atoms with E-state index in [9.17, 15) is 13.6 Å². The van der Waals surface area contributed by atoms with E-state index in [1.165, 1.54) is 24.1 Å². The van der Waals surface area contributed by atoms with E-state index in [1.807, 2.05) is 0 Å². The van der Waals surface area contributed by atoms with Crippen molar-refractivity contribution in [1.29, 1.82) is 0 Å². The Bertz CT molecular complexity index is 463. The van der Waals surface area contributed by atoms with Crippen LogP contribution in [0.15, 0.2) is 24.3 Å². The van der Waals surface area contributed by atoms with Gasteiger partial charge in [-0.3, -0.25) is 0 Å². The summed E-state index contributed by atoms with van der Waals surface area (Å²) in [4.78, 5) is 11.7. The normalized spacial score (nSPS) is 11.2. The second kappa shape index (κ2) is 6.35. The molecule has 0 aliphatic rings. The van der Waals surface area contributed by atoms with Crippen LogP contribution in [0.25, 0.3) is 6.08 Å². The zero-order valence-electron chi connectivity index (χ0n) is 9.61. The van der Waals surface area contributed by atoms with E-state index in [-0.39, 0.29) is 6.54 Å². The van der Waals surface area contributed by atoms with Crippen LogP contribution in [0.5, 0.6) is 0 Å². The minimum Gasteiger partial charge on any atom is -0.478 e. The molecule has 0 saturated carbocycles. The van der Waals surface area contributed by atoms with Gasteiger partial charge in [-0.1, -0.05) is 17.7 Å². The van der Waals surface area contributed by atoms with Crippen molar-refractivity contribution in [3.63, 3.8) is 0 Å². The maximum absolute atomic E-state index is 12.2. The molecule has 0 amide bonds. The van der Waals surface area contributed by atoms with Crippen LogP contribution in [0, 0.1) is 0 Å². The molecule has 3 nitrogen and oxygen atoms in total. The molecule has 1 N–H and O–H groups in total. The molecule has 0 bridgehead atoms. The number of aliphatic carboxylic acids is 1. The molecule has 0 radical (unpaired) electrons. The lowest BCUT2D eigenvalue weighted by molar-refractivity contribution is -0.131. The molecule has 1 aromatic rings. The van der Waals surface area contributed by atoms with Crippen LogP contribution in [0.2, 0.25) is 5.02 Å². The van der Waals surface area contributed by atoms with Gasteiger partial charge < -0.3 is 10.0 Å². The van der Waals surface area contributed by atoms with Gasteiger partial charge in [-0.15, -0.1) is 0 Å². The van der Waals surface area contributed by atoms with Crippen molar-refractivity contribution in [2.75, 3.05) is 18.5 Å². The van der Waals surface area contributed by atoms with E-state index in [0.29, 0.717) is 16.3 Å². The third-order valence-electron chi connectivity index (χ3n) is 2.24. The molecule has 0 aromatic heterocycles. The Morgan fingerprint density at radius 2 is 2.22 bits per heavy atom. The summed E-state index contributed by atoms with van der Waals surface area (Å²) in [6.45, 7) is -0.388. The molecule has 0 atom stereocenters. The molecule has 0 spiro atoms. The van der Waals surface area contributed by atoms with Gasteiger partial charge in [0.25, 0.3) is 6.43 Å². The topological polar surface area (TPSA) is 40.5 Å². The monoisotopic (exact) mass is 275 g/mol. The Hall–Kier alpha value is -1.62. The average molecular weight is 276 g/mol. The molecule has 1 rings (SSSR count). The highest BCUT2D eigenvalue weighted by molar-refractivity contribution is 6.32. The number of rotatable bonds is 5. The summed E-state index contributed by atoms with van der Waals surface area (Å²) in [5.74, 6) is -1.08. The number of nitrogens with zero attached hydrogens (tertiary/aromatic N) is 1.